The fourth-order valence-electron chi connectivity index (χ4n) is 2.33. The first kappa shape index (κ1) is 12.4. The molecule has 0 saturated carbocycles. The summed E-state index contributed by atoms with van der Waals surface area (Å²) in [5.41, 5.74) is 8.71. The van der Waals surface area contributed by atoms with Gasteiger partial charge >= 0.3 is 0 Å². The van der Waals surface area contributed by atoms with Gasteiger partial charge in [0.25, 0.3) is 0 Å². The molecule has 0 amide bonds. The van der Waals surface area contributed by atoms with Crippen LogP contribution in [-0.2, 0) is 12.8 Å². The third-order valence-corrected chi connectivity index (χ3v) is 3.65. The summed E-state index contributed by atoms with van der Waals surface area (Å²) >= 11 is 3.41. The highest BCUT2D eigenvalue weighted by molar-refractivity contribution is 9.10. The zero-order valence-electron chi connectivity index (χ0n) is 10.4. The van der Waals surface area contributed by atoms with Crippen molar-refractivity contribution in [3.8, 4) is 11.6 Å². The van der Waals surface area contributed by atoms with E-state index in [1.165, 1.54) is 6.42 Å². The minimum atomic E-state index is 0.655. The Morgan fingerprint density at radius 1 is 1.11 bits per heavy atom. The number of aromatic nitrogens is 2. The van der Waals surface area contributed by atoms with Crippen molar-refractivity contribution in [1.29, 1.82) is 0 Å². The van der Waals surface area contributed by atoms with Crippen LogP contribution in [0.3, 0.4) is 0 Å². The number of rotatable bonds is 2. The number of nitrogen functional groups attached to an aromatic ring is 1. The van der Waals surface area contributed by atoms with Crippen molar-refractivity contribution < 1.29 is 4.74 Å². The zero-order valence-corrected chi connectivity index (χ0v) is 12.0. The third kappa shape index (κ3) is 2.71. The van der Waals surface area contributed by atoms with Gasteiger partial charge in [-0.3, -0.25) is 0 Å². The maximum atomic E-state index is 5.88. The molecule has 1 heterocycles. The molecule has 0 aliphatic heterocycles. The second-order valence-corrected chi connectivity index (χ2v) is 5.55. The molecule has 1 aliphatic carbocycles. The average molecular weight is 320 g/mol. The zero-order chi connectivity index (χ0) is 13.2. The van der Waals surface area contributed by atoms with Crippen LogP contribution in [-0.4, -0.2) is 9.97 Å². The average Bonchev–Trinajstić information content (AvgIpc) is 2.38. The maximum Gasteiger partial charge on any atom is 0.225 e. The van der Waals surface area contributed by atoms with Crippen LogP contribution < -0.4 is 10.5 Å². The number of halogens is 1. The molecule has 2 aromatic rings. The van der Waals surface area contributed by atoms with Gasteiger partial charge in [-0.2, -0.15) is 0 Å². The van der Waals surface area contributed by atoms with E-state index in [1.54, 1.807) is 12.4 Å². The van der Waals surface area contributed by atoms with E-state index in [9.17, 15) is 0 Å². The summed E-state index contributed by atoms with van der Waals surface area (Å²) in [7, 11) is 0. The van der Waals surface area contributed by atoms with E-state index >= 15 is 0 Å². The van der Waals surface area contributed by atoms with Crippen LogP contribution in [0.5, 0.6) is 11.6 Å². The van der Waals surface area contributed by atoms with Crippen molar-refractivity contribution in [2.75, 3.05) is 5.73 Å². The van der Waals surface area contributed by atoms with Crippen LogP contribution in [0.1, 0.15) is 24.1 Å². The SMILES string of the molecule is Nc1cc(Br)cc(Oc2ncnc3c2CCCC3)c1. The monoisotopic (exact) mass is 319 g/mol. The van der Waals surface area contributed by atoms with Gasteiger partial charge in [0.1, 0.15) is 12.1 Å². The van der Waals surface area contributed by atoms with Crippen molar-refractivity contribution in [3.05, 3.63) is 40.3 Å². The molecule has 0 fully saturated rings. The van der Waals surface area contributed by atoms with E-state index in [-0.39, 0.29) is 0 Å². The number of nitrogens with zero attached hydrogens (tertiary/aromatic N) is 2. The number of ether oxygens (including phenoxy) is 1. The molecule has 0 saturated heterocycles. The highest BCUT2D eigenvalue weighted by Crippen LogP contribution is 2.31. The lowest BCUT2D eigenvalue weighted by Crippen LogP contribution is -2.08. The largest absolute Gasteiger partial charge is 0.439 e. The normalized spacial score (nSPS) is 13.9. The number of nitrogens with two attached hydrogens (primary N) is 1. The van der Waals surface area contributed by atoms with Crippen LogP contribution >= 0.6 is 15.9 Å². The summed E-state index contributed by atoms with van der Waals surface area (Å²) in [6.45, 7) is 0. The van der Waals surface area contributed by atoms with E-state index in [1.807, 2.05) is 12.1 Å². The molecule has 1 aromatic carbocycles. The van der Waals surface area contributed by atoms with Gasteiger partial charge in [0.2, 0.25) is 5.88 Å². The Morgan fingerprint density at radius 2 is 1.95 bits per heavy atom. The second-order valence-electron chi connectivity index (χ2n) is 4.63. The Bertz CT molecular complexity index is 595. The first-order chi connectivity index (χ1) is 9.22. The van der Waals surface area contributed by atoms with Gasteiger partial charge in [-0.05, 0) is 37.8 Å². The van der Waals surface area contributed by atoms with Gasteiger partial charge in [-0.15, -0.1) is 0 Å². The Kier molecular flexibility index (Phi) is 3.38. The number of hydrogen-bond donors (Lipinski definition) is 1. The molecular formula is C14H14BrN3O. The number of anilines is 1. The van der Waals surface area contributed by atoms with Crippen LogP contribution in [0.2, 0.25) is 0 Å². The molecule has 19 heavy (non-hydrogen) atoms. The lowest BCUT2D eigenvalue weighted by Gasteiger charge is -2.17. The Hall–Kier alpha value is -1.62. The Labute approximate surface area is 120 Å². The minimum Gasteiger partial charge on any atom is -0.439 e. The van der Waals surface area contributed by atoms with Crippen molar-refractivity contribution in [2.24, 2.45) is 0 Å². The summed E-state index contributed by atoms with van der Waals surface area (Å²) in [5.74, 6) is 1.35. The number of hydrogen-bond acceptors (Lipinski definition) is 4. The topological polar surface area (TPSA) is 61.0 Å². The highest BCUT2D eigenvalue weighted by atomic mass is 79.9. The highest BCUT2D eigenvalue weighted by Gasteiger charge is 2.17. The number of aryl methyl sites for hydroxylation is 1. The Balaban J connectivity index is 1.95. The molecule has 0 spiro atoms. The van der Waals surface area contributed by atoms with Crippen LogP contribution in [0.15, 0.2) is 29.0 Å². The van der Waals surface area contributed by atoms with E-state index in [2.05, 4.69) is 25.9 Å². The van der Waals surface area contributed by atoms with E-state index < -0.39 is 0 Å². The fraction of sp³-hybridized carbons (Fsp3) is 0.286. The standard InChI is InChI=1S/C14H14BrN3O/c15-9-5-10(16)7-11(6-9)19-14-12-3-1-2-4-13(12)17-8-18-14/h5-8H,1-4,16H2. The van der Waals surface area contributed by atoms with E-state index in [0.717, 1.165) is 35.0 Å². The summed E-state index contributed by atoms with van der Waals surface area (Å²) in [6.07, 6.45) is 5.91. The fourth-order valence-corrected chi connectivity index (χ4v) is 2.82. The molecule has 0 bridgehead atoms. The molecule has 1 aromatic heterocycles. The first-order valence-corrected chi connectivity index (χ1v) is 7.08. The predicted octanol–water partition coefficient (Wildman–Crippen LogP) is 3.49. The van der Waals surface area contributed by atoms with Crippen molar-refractivity contribution in [2.45, 2.75) is 25.7 Å². The predicted molar refractivity (Wildman–Crippen MR) is 77.3 cm³/mol. The van der Waals surface area contributed by atoms with Gasteiger partial charge in [-0.25, -0.2) is 9.97 Å². The van der Waals surface area contributed by atoms with Crippen molar-refractivity contribution >= 4 is 21.6 Å². The molecule has 2 N–H and O–H groups in total. The van der Waals surface area contributed by atoms with E-state index in [4.69, 9.17) is 10.5 Å². The number of fused-ring (bicyclic) bond motifs is 1. The molecule has 3 rings (SSSR count). The smallest absolute Gasteiger partial charge is 0.225 e. The summed E-state index contributed by atoms with van der Waals surface area (Å²) < 4.78 is 6.77. The lowest BCUT2D eigenvalue weighted by molar-refractivity contribution is 0.447. The van der Waals surface area contributed by atoms with Gasteiger partial charge < -0.3 is 10.5 Å². The molecular weight excluding hydrogens is 306 g/mol. The summed E-state index contributed by atoms with van der Waals surface area (Å²) in [4.78, 5) is 8.59. The molecule has 1 aliphatic rings. The van der Waals surface area contributed by atoms with Gasteiger partial charge in [0.05, 0.1) is 5.69 Å². The van der Waals surface area contributed by atoms with E-state index in [0.29, 0.717) is 17.3 Å². The van der Waals surface area contributed by atoms with Gasteiger partial charge in [0, 0.05) is 21.8 Å². The lowest BCUT2D eigenvalue weighted by atomic mass is 9.97. The first-order valence-electron chi connectivity index (χ1n) is 6.29. The van der Waals surface area contributed by atoms with Crippen LogP contribution in [0, 0.1) is 0 Å². The molecule has 5 heteroatoms. The van der Waals surface area contributed by atoms with Gasteiger partial charge in [0.15, 0.2) is 0 Å². The van der Waals surface area contributed by atoms with Crippen molar-refractivity contribution in [3.63, 3.8) is 0 Å². The van der Waals surface area contributed by atoms with Crippen LogP contribution in [0.25, 0.3) is 0 Å². The minimum absolute atomic E-state index is 0.655. The quantitative estimate of drug-likeness (QED) is 0.861. The second kappa shape index (κ2) is 5.17. The third-order valence-electron chi connectivity index (χ3n) is 3.19. The van der Waals surface area contributed by atoms with Crippen LogP contribution in [0.4, 0.5) is 5.69 Å². The molecule has 4 nitrogen and oxygen atoms in total. The maximum absolute atomic E-state index is 5.88. The summed E-state index contributed by atoms with van der Waals surface area (Å²) in [5, 5.41) is 0. The molecule has 98 valence electrons. The molecule has 0 radical (unpaired) electrons. The Morgan fingerprint density at radius 3 is 2.79 bits per heavy atom. The number of benzene rings is 1. The van der Waals surface area contributed by atoms with Crippen molar-refractivity contribution in [1.82, 2.24) is 9.97 Å². The molecule has 0 unspecified atom stereocenters. The summed E-state index contributed by atoms with van der Waals surface area (Å²) in [6, 6.07) is 5.51. The molecule has 0 atom stereocenters. The van der Waals surface area contributed by atoms with Gasteiger partial charge in [-0.1, -0.05) is 15.9 Å².